The summed E-state index contributed by atoms with van der Waals surface area (Å²) in [6, 6.07) is 8.78. The first-order valence-electron chi connectivity index (χ1n) is 6.38. The van der Waals surface area contributed by atoms with Crippen molar-refractivity contribution in [1.29, 1.82) is 0 Å². The van der Waals surface area contributed by atoms with Crippen LogP contribution in [0.3, 0.4) is 0 Å². The molecular weight excluding hydrogens is 354 g/mol. The van der Waals surface area contributed by atoms with Crippen molar-refractivity contribution < 1.29 is 14.3 Å². The van der Waals surface area contributed by atoms with Crippen LogP contribution in [0.25, 0.3) is 0 Å². The van der Waals surface area contributed by atoms with Gasteiger partial charge in [-0.2, -0.15) is 0 Å². The van der Waals surface area contributed by atoms with Gasteiger partial charge in [0.1, 0.15) is 0 Å². The summed E-state index contributed by atoms with van der Waals surface area (Å²) < 4.78 is 5.81. The lowest BCUT2D eigenvalue weighted by atomic mass is 10.1. The molecule has 0 radical (unpaired) electrons. The van der Waals surface area contributed by atoms with Crippen molar-refractivity contribution in [2.75, 3.05) is 6.61 Å². The van der Waals surface area contributed by atoms with Gasteiger partial charge in [0.05, 0.1) is 17.0 Å². The highest BCUT2D eigenvalue weighted by Gasteiger charge is 2.09. The van der Waals surface area contributed by atoms with Crippen LogP contribution >= 0.6 is 27.3 Å². The number of thiophene rings is 1. The van der Waals surface area contributed by atoms with Crippen molar-refractivity contribution in [2.24, 2.45) is 0 Å². The maximum atomic E-state index is 11.9. The van der Waals surface area contributed by atoms with Crippen LogP contribution in [0.15, 0.2) is 40.2 Å². The van der Waals surface area contributed by atoms with Crippen molar-refractivity contribution in [3.63, 3.8) is 0 Å². The van der Waals surface area contributed by atoms with E-state index in [9.17, 15) is 9.59 Å². The van der Waals surface area contributed by atoms with Gasteiger partial charge in [0.15, 0.2) is 0 Å². The molecule has 4 nitrogen and oxygen atoms in total. The Balaban J connectivity index is 1.92. The Kier molecular flexibility index (Phi) is 5.52. The number of benzene rings is 1. The van der Waals surface area contributed by atoms with Gasteiger partial charge in [0.25, 0.3) is 5.91 Å². The van der Waals surface area contributed by atoms with E-state index in [2.05, 4.69) is 21.2 Å². The van der Waals surface area contributed by atoms with E-state index in [-0.39, 0.29) is 11.9 Å². The predicted molar refractivity (Wildman–Crippen MR) is 85.6 cm³/mol. The third kappa shape index (κ3) is 4.41. The summed E-state index contributed by atoms with van der Waals surface area (Å²) in [5.74, 6) is -0.448. The highest BCUT2D eigenvalue weighted by molar-refractivity contribution is 9.10. The summed E-state index contributed by atoms with van der Waals surface area (Å²) in [5.41, 5.74) is 1.43. The maximum Gasteiger partial charge on any atom is 0.338 e. The Labute approximate surface area is 135 Å². The number of ether oxygens (including phenoxy) is 1. The van der Waals surface area contributed by atoms with Crippen molar-refractivity contribution in [3.8, 4) is 0 Å². The van der Waals surface area contributed by atoms with Gasteiger partial charge in [-0.3, -0.25) is 4.79 Å². The van der Waals surface area contributed by atoms with Gasteiger partial charge in [-0.25, -0.2) is 4.79 Å². The fourth-order valence-electron chi connectivity index (χ4n) is 1.67. The first-order chi connectivity index (χ1) is 10.1. The van der Waals surface area contributed by atoms with Crippen LogP contribution in [0.1, 0.15) is 32.5 Å². The largest absolute Gasteiger partial charge is 0.462 e. The van der Waals surface area contributed by atoms with Crippen LogP contribution in [0, 0.1) is 0 Å². The van der Waals surface area contributed by atoms with E-state index in [0.29, 0.717) is 23.6 Å². The molecule has 0 bridgehead atoms. The number of rotatable bonds is 5. The third-order valence-electron chi connectivity index (χ3n) is 2.71. The first-order valence-corrected chi connectivity index (χ1v) is 8.05. The lowest BCUT2D eigenvalue weighted by Gasteiger charge is -2.05. The molecule has 1 heterocycles. The van der Waals surface area contributed by atoms with E-state index in [1.54, 1.807) is 37.3 Å². The molecule has 1 amide bonds. The van der Waals surface area contributed by atoms with Crippen molar-refractivity contribution in [3.05, 3.63) is 56.2 Å². The number of esters is 1. The van der Waals surface area contributed by atoms with E-state index < -0.39 is 0 Å². The van der Waals surface area contributed by atoms with Crippen LogP contribution in [-0.2, 0) is 11.3 Å². The number of nitrogens with one attached hydrogen (secondary N) is 1. The number of halogens is 1. The molecule has 2 rings (SSSR count). The smallest absolute Gasteiger partial charge is 0.338 e. The Bertz CT molecular complexity index is 637. The number of carbonyl (C=O) groups excluding carboxylic acids is 2. The number of amides is 1. The minimum absolute atomic E-state index is 0.111. The second-order valence-corrected chi connectivity index (χ2v) is 6.06. The van der Waals surface area contributed by atoms with E-state index in [1.165, 1.54) is 11.3 Å². The van der Waals surface area contributed by atoms with Gasteiger partial charge in [0, 0.05) is 16.4 Å². The molecule has 0 fully saturated rings. The van der Waals surface area contributed by atoms with Crippen molar-refractivity contribution in [2.45, 2.75) is 13.5 Å². The molecule has 6 heteroatoms. The molecule has 1 N–H and O–H groups in total. The molecule has 0 saturated heterocycles. The lowest BCUT2D eigenvalue weighted by molar-refractivity contribution is 0.0526. The average molecular weight is 368 g/mol. The second kappa shape index (κ2) is 7.38. The summed E-state index contributed by atoms with van der Waals surface area (Å²) in [6.07, 6.45) is 0. The van der Waals surface area contributed by atoms with Crippen LogP contribution in [0.5, 0.6) is 0 Å². The van der Waals surface area contributed by atoms with Crippen LogP contribution in [0.2, 0.25) is 0 Å². The van der Waals surface area contributed by atoms with E-state index in [0.717, 1.165) is 10.0 Å². The third-order valence-corrected chi connectivity index (χ3v) is 4.40. The van der Waals surface area contributed by atoms with Crippen molar-refractivity contribution in [1.82, 2.24) is 5.32 Å². The Morgan fingerprint density at radius 3 is 2.57 bits per heavy atom. The van der Waals surface area contributed by atoms with E-state index >= 15 is 0 Å². The van der Waals surface area contributed by atoms with Crippen LogP contribution in [0.4, 0.5) is 0 Å². The van der Waals surface area contributed by atoms with Gasteiger partial charge < -0.3 is 10.1 Å². The molecule has 2 aromatic rings. The first kappa shape index (κ1) is 15.7. The highest BCUT2D eigenvalue weighted by Crippen LogP contribution is 2.19. The van der Waals surface area contributed by atoms with E-state index in [1.807, 2.05) is 5.38 Å². The molecule has 21 heavy (non-hydrogen) atoms. The van der Waals surface area contributed by atoms with Gasteiger partial charge in [0.2, 0.25) is 0 Å². The highest BCUT2D eigenvalue weighted by atomic mass is 79.9. The zero-order valence-corrected chi connectivity index (χ0v) is 13.8. The van der Waals surface area contributed by atoms with Gasteiger partial charge in [-0.15, -0.1) is 11.3 Å². The zero-order valence-electron chi connectivity index (χ0n) is 11.4. The monoisotopic (exact) mass is 367 g/mol. The molecule has 0 saturated carbocycles. The quantitative estimate of drug-likeness (QED) is 0.821. The Morgan fingerprint density at radius 2 is 2.00 bits per heavy atom. The summed E-state index contributed by atoms with van der Waals surface area (Å²) >= 11 is 4.70. The van der Waals surface area contributed by atoms with Gasteiger partial charge in [-0.1, -0.05) is 12.1 Å². The topological polar surface area (TPSA) is 55.4 Å². The van der Waals surface area contributed by atoms with Crippen LogP contribution in [-0.4, -0.2) is 18.5 Å². The summed E-state index contributed by atoms with van der Waals surface area (Å²) in [6.45, 7) is 2.54. The molecule has 0 atom stereocenters. The average Bonchev–Trinajstić information content (AvgIpc) is 2.92. The minimum Gasteiger partial charge on any atom is -0.462 e. The molecule has 0 aliphatic rings. The summed E-state index contributed by atoms with van der Waals surface area (Å²) in [4.78, 5) is 24.1. The fourth-order valence-corrected chi connectivity index (χ4v) is 3.02. The molecule has 0 aliphatic heterocycles. The SMILES string of the molecule is CCOC(=O)c1ccc(CNC(=O)c2cc(Br)cs2)cc1. The molecule has 0 unspecified atom stereocenters. The molecular formula is C15H14BrNO3S. The molecule has 1 aromatic carbocycles. The lowest BCUT2D eigenvalue weighted by Crippen LogP contribution is -2.21. The number of hydrogen-bond acceptors (Lipinski definition) is 4. The minimum atomic E-state index is -0.337. The molecule has 0 spiro atoms. The number of hydrogen-bond donors (Lipinski definition) is 1. The van der Waals surface area contributed by atoms with Gasteiger partial charge in [-0.05, 0) is 46.6 Å². The summed E-state index contributed by atoms with van der Waals surface area (Å²) in [5, 5.41) is 4.70. The molecule has 1 aromatic heterocycles. The normalized spacial score (nSPS) is 10.2. The van der Waals surface area contributed by atoms with E-state index in [4.69, 9.17) is 4.74 Å². The Morgan fingerprint density at radius 1 is 1.29 bits per heavy atom. The second-order valence-electron chi connectivity index (χ2n) is 4.23. The number of carbonyl (C=O) groups is 2. The van der Waals surface area contributed by atoms with Crippen molar-refractivity contribution >= 4 is 39.1 Å². The summed E-state index contributed by atoms with van der Waals surface area (Å²) in [7, 11) is 0. The predicted octanol–water partition coefficient (Wildman–Crippen LogP) is 3.62. The zero-order chi connectivity index (χ0) is 15.2. The molecule has 110 valence electrons. The van der Waals surface area contributed by atoms with Gasteiger partial charge >= 0.3 is 5.97 Å². The Hall–Kier alpha value is -1.66. The fraction of sp³-hybridized carbons (Fsp3) is 0.200. The molecule has 0 aliphatic carbocycles. The standard InChI is InChI=1S/C15H14BrNO3S/c1-2-20-15(19)11-5-3-10(4-6-11)8-17-14(18)13-7-12(16)9-21-13/h3-7,9H,2,8H2,1H3,(H,17,18). The van der Waals surface area contributed by atoms with Crippen LogP contribution < -0.4 is 5.32 Å². The maximum absolute atomic E-state index is 11.9.